The minimum atomic E-state index is -0.178. The smallest absolute Gasteiger partial charge is 0.251 e. The van der Waals surface area contributed by atoms with Gasteiger partial charge >= 0.3 is 0 Å². The van der Waals surface area contributed by atoms with Crippen LogP contribution >= 0.6 is 0 Å². The summed E-state index contributed by atoms with van der Waals surface area (Å²) in [5, 5.41) is 16.1. The summed E-state index contributed by atoms with van der Waals surface area (Å²) in [6, 6.07) is 5.05. The van der Waals surface area contributed by atoms with Crippen LogP contribution in [0.4, 0.5) is 0 Å². The summed E-state index contributed by atoms with van der Waals surface area (Å²) in [5.74, 6) is 0.162. The monoisotopic (exact) mass is 278 g/mol. The zero-order valence-electron chi connectivity index (χ0n) is 12.0. The van der Waals surface area contributed by atoms with Crippen molar-refractivity contribution in [3.05, 3.63) is 23.8 Å². The number of nitrogens with one attached hydrogen (secondary N) is 2. The Kier molecular flexibility index (Phi) is 4.84. The third-order valence-electron chi connectivity index (χ3n) is 3.75. The fraction of sp³-hybridized carbons (Fsp3) is 0.533. The lowest BCUT2D eigenvalue weighted by molar-refractivity contribution is 0.0927. The number of phenolic OH excluding ortho intramolecular Hbond substituents is 1. The molecule has 2 unspecified atom stereocenters. The third kappa shape index (κ3) is 3.42. The lowest BCUT2D eigenvalue weighted by Gasteiger charge is -2.29. The lowest BCUT2D eigenvalue weighted by atomic mass is 9.99. The number of piperidine rings is 1. The maximum absolute atomic E-state index is 12.2. The second-order valence-corrected chi connectivity index (χ2v) is 5.21. The van der Waals surface area contributed by atoms with Crippen molar-refractivity contribution in [2.75, 3.05) is 13.7 Å². The number of benzene rings is 1. The molecule has 1 aliphatic rings. The van der Waals surface area contributed by atoms with E-state index < -0.39 is 0 Å². The van der Waals surface area contributed by atoms with Gasteiger partial charge in [-0.15, -0.1) is 0 Å². The van der Waals surface area contributed by atoms with Crippen LogP contribution in [-0.2, 0) is 0 Å². The second-order valence-electron chi connectivity index (χ2n) is 5.21. The van der Waals surface area contributed by atoms with Crippen LogP contribution in [0.25, 0.3) is 0 Å². The van der Waals surface area contributed by atoms with E-state index in [0.29, 0.717) is 17.4 Å². The first-order valence-corrected chi connectivity index (χ1v) is 7.03. The lowest BCUT2D eigenvalue weighted by Crippen LogP contribution is -2.50. The fourth-order valence-corrected chi connectivity index (χ4v) is 2.53. The maximum Gasteiger partial charge on any atom is 0.251 e. The topological polar surface area (TPSA) is 70.6 Å². The number of hydrogen-bond acceptors (Lipinski definition) is 4. The number of phenols is 1. The normalized spacial score (nSPS) is 20.2. The van der Waals surface area contributed by atoms with Gasteiger partial charge in [-0.3, -0.25) is 4.79 Å². The molecular weight excluding hydrogens is 256 g/mol. The molecule has 0 aromatic heterocycles. The molecule has 110 valence electrons. The minimum Gasteiger partial charge on any atom is -0.504 e. The molecule has 5 heteroatoms. The van der Waals surface area contributed by atoms with Gasteiger partial charge in [0, 0.05) is 17.6 Å². The fourth-order valence-electron chi connectivity index (χ4n) is 2.53. The standard InChI is InChI=1S/C15H22N2O3/c1-10(12-5-3-4-8-16-12)17-15(19)11-6-7-14(20-2)13(18)9-11/h6-7,9-10,12,16,18H,3-5,8H2,1-2H3,(H,17,19). The van der Waals surface area contributed by atoms with Gasteiger partial charge in [0.05, 0.1) is 7.11 Å². The van der Waals surface area contributed by atoms with Crippen molar-refractivity contribution < 1.29 is 14.6 Å². The van der Waals surface area contributed by atoms with E-state index in [2.05, 4.69) is 10.6 Å². The first-order chi connectivity index (χ1) is 9.61. The second kappa shape index (κ2) is 6.61. The molecule has 1 heterocycles. The number of carbonyl (C=O) groups is 1. The summed E-state index contributed by atoms with van der Waals surface area (Å²) in [5.41, 5.74) is 0.436. The van der Waals surface area contributed by atoms with Gasteiger partial charge in [-0.25, -0.2) is 0 Å². The van der Waals surface area contributed by atoms with Crippen molar-refractivity contribution in [1.29, 1.82) is 0 Å². The molecule has 0 spiro atoms. The number of rotatable bonds is 4. The van der Waals surface area contributed by atoms with E-state index in [1.54, 1.807) is 12.1 Å². The average molecular weight is 278 g/mol. The van der Waals surface area contributed by atoms with Gasteiger partial charge in [-0.05, 0) is 44.5 Å². The molecule has 0 bridgehead atoms. The van der Waals surface area contributed by atoms with Gasteiger partial charge in [-0.1, -0.05) is 6.42 Å². The highest BCUT2D eigenvalue weighted by atomic mass is 16.5. The van der Waals surface area contributed by atoms with Crippen molar-refractivity contribution in [3.63, 3.8) is 0 Å². The number of ether oxygens (including phenoxy) is 1. The van der Waals surface area contributed by atoms with Crippen LogP contribution in [-0.4, -0.2) is 36.8 Å². The van der Waals surface area contributed by atoms with Crippen LogP contribution in [0.2, 0.25) is 0 Å². The zero-order valence-corrected chi connectivity index (χ0v) is 12.0. The molecule has 1 fully saturated rings. The molecule has 1 aromatic rings. The summed E-state index contributed by atoms with van der Waals surface area (Å²) in [6.07, 6.45) is 3.47. The Morgan fingerprint density at radius 1 is 1.50 bits per heavy atom. The number of amides is 1. The van der Waals surface area contributed by atoms with Gasteiger partial charge in [0.1, 0.15) is 0 Å². The summed E-state index contributed by atoms with van der Waals surface area (Å²) < 4.78 is 4.96. The highest BCUT2D eigenvalue weighted by Gasteiger charge is 2.21. The molecule has 3 N–H and O–H groups in total. The van der Waals surface area contributed by atoms with Gasteiger partial charge in [0.25, 0.3) is 5.91 Å². The Balaban J connectivity index is 1.98. The summed E-state index contributed by atoms with van der Waals surface area (Å²) in [6.45, 7) is 3.01. The van der Waals surface area contributed by atoms with Crippen molar-refractivity contribution >= 4 is 5.91 Å². The van der Waals surface area contributed by atoms with E-state index in [1.807, 2.05) is 6.92 Å². The molecule has 20 heavy (non-hydrogen) atoms. The molecule has 2 atom stereocenters. The number of aromatic hydroxyl groups is 1. The highest BCUT2D eigenvalue weighted by molar-refractivity contribution is 5.95. The Morgan fingerprint density at radius 2 is 2.30 bits per heavy atom. The molecule has 0 saturated carbocycles. The Hall–Kier alpha value is -1.75. The summed E-state index contributed by atoms with van der Waals surface area (Å²) >= 11 is 0. The molecular formula is C15H22N2O3. The van der Waals surface area contributed by atoms with E-state index in [9.17, 15) is 9.90 Å². The van der Waals surface area contributed by atoms with Crippen molar-refractivity contribution in [2.45, 2.75) is 38.3 Å². The van der Waals surface area contributed by atoms with Crippen molar-refractivity contribution in [1.82, 2.24) is 10.6 Å². The molecule has 1 amide bonds. The Bertz CT molecular complexity index is 470. The number of hydrogen-bond donors (Lipinski definition) is 3. The largest absolute Gasteiger partial charge is 0.504 e. The van der Waals surface area contributed by atoms with Gasteiger partial charge < -0.3 is 20.5 Å². The molecule has 1 aliphatic heterocycles. The van der Waals surface area contributed by atoms with Gasteiger partial charge in [-0.2, -0.15) is 0 Å². The first-order valence-electron chi connectivity index (χ1n) is 7.03. The van der Waals surface area contributed by atoms with Crippen LogP contribution in [0.3, 0.4) is 0 Å². The molecule has 0 radical (unpaired) electrons. The molecule has 1 aromatic carbocycles. The van der Waals surface area contributed by atoms with Crippen LogP contribution in [0.15, 0.2) is 18.2 Å². The van der Waals surface area contributed by atoms with Crippen LogP contribution in [0, 0.1) is 0 Å². The predicted octanol–water partition coefficient (Wildman–Crippen LogP) is 1.66. The Labute approximate surface area is 119 Å². The molecule has 2 rings (SSSR count). The molecule has 5 nitrogen and oxygen atoms in total. The van der Waals surface area contributed by atoms with Gasteiger partial charge in [0.15, 0.2) is 11.5 Å². The van der Waals surface area contributed by atoms with Crippen LogP contribution in [0.1, 0.15) is 36.5 Å². The molecule has 0 aliphatic carbocycles. The Morgan fingerprint density at radius 3 is 2.90 bits per heavy atom. The predicted molar refractivity (Wildman–Crippen MR) is 77.2 cm³/mol. The maximum atomic E-state index is 12.2. The highest BCUT2D eigenvalue weighted by Crippen LogP contribution is 2.26. The third-order valence-corrected chi connectivity index (χ3v) is 3.75. The van der Waals surface area contributed by atoms with Gasteiger partial charge in [0.2, 0.25) is 0 Å². The number of methoxy groups -OCH3 is 1. The molecule has 1 saturated heterocycles. The quantitative estimate of drug-likeness (QED) is 0.783. The van der Waals surface area contributed by atoms with E-state index in [1.165, 1.54) is 26.0 Å². The summed E-state index contributed by atoms with van der Waals surface area (Å²) in [7, 11) is 1.48. The van der Waals surface area contributed by atoms with E-state index >= 15 is 0 Å². The zero-order chi connectivity index (χ0) is 14.5. The first kappa shape index (κ1) is 14.7. The van der Waals surface area contributed by atoms with Crippen LogP contribution in [0.5, 0.6) is 11.5 Å². The van der Waals surface area contributed by atoms with Crippen LogP contribution < -0.4 is 15.4 Å². The van der Waals surface area contributed by atoms with Crippen molar-refractivity contribution in [3.8, 4) is 11.5 Å². The van der Waals surface area contributed by atoms with E-state index in [4.69, 9.17) is 4.74 Å². The summed E-state index contributed by atoms with van der Waals surface area (Å²) in [4.78, 5) is 12.2. The van der Waals surface area contributed by atoms with Crippen molar-refractivity contribution in [2.24, 2.45) is 0 Å². The average Bonchev–Trinajstić information content (AvgIpc) is 2.48. The minimum absolute atomic E-state index is 0.0244. The van der Waals surface area contributed by atoms with E-state index in [0.717, 1.165) is 13.0 Å². The SMILES string of the molecule is COc1ccc(C(=O)NC(C)C2CCCCN2)cc1O. The van der Waals surface area contributed by atoms with E-state index in [-0.39, 0.29) is 17.7 Å². The number of carbonyl (C=O) groups excluding carboxylic acids is 1.